The van der Waals surface area contributed by atoms with Gasteiger partial charge in [-0.1, -0.05) is 26.0 Å². The van der Waals surface area contributed by atoms with E-state index in [0.717, 1.165) is 40.8 Å². The number of nitrogens with zero attached hydrogens (tertiary/aromatic N) is 2. The van der Waals surface area contributed by atoms with Gasteiger partial charge in [-0.25, -0.2) is 0 Å². The molecule has 1 heterocycles. The lowest BCUT2D eigenvalue weighted by Gasteiger charge is -2.18. The lowest BCUT2D eigenvalue weighted by Crippen LogP contribution is -2.22. The molecule has 0 aliphatic rings. The SMILES string of the molecule is CCN(CC)Cc1cc(N=Cc2c(O)[nH]c3cccc(C)c23)ccc1O. The van der Waals surface area contributed by atoms with E-state index in [9.17, 15) is 10.2 Å². The molecule has 0 fully saturated rings. The molecule has 3 N–H and O–H groups in total. The first-order chi connectivity index (χ1) is 12.5. The summed E-state index contributed by atoms with van der Waals surface area (Å²) in [6, 6.07) is 11.2. The van der Waals surface area contributed by atoms with E-state index < -0.39 is 0 Å². The summed E-state index contributed by atoms with van der Waals surface area (Å²) in [5.74, 6) is 0.391. The van der Waals surface area contributed by atoms with Crippen LogP contribution in [0.25, 0.3) is 10.9 Å². The normalized spacial score (nSPS) is 11.8. The van der Waals surface area contributed by atoms with Crippen LogP contribution in [0.1, 0.15) is 30.5 Å². The zero-order chi connectivity index (χ0) is 18.7. The van der Waals surface area contributed by atoms with Gasteiger partial charge >= 0.3 is 0 Å². The Labute approximate surface area is 153 Å². The first-order valence-corrected chi connectivity index (χ1v) is 8.92. The number of aromatic amines is 1. The number of benzene rings is 2. The molecular weight excluding hydrogens is 326 g/mol. The minimum absolute atomic E-state index is 0.111. The second-order valence-corrected chi connectivity index (χ2v) is 6.42. The molecule has 0 radical (unpaired) electrons. The quantitative estimate of drug-likeness (QED) is 0.573. The first-order valence-electron chi connectivity index (χ1n) is 8.92. The molecule has 26 heavy (non-hydrogen) atoms. The molecule has 3 rings (SSSR count). The standard InChI is InChI=1S/C21H25N3O2/c1-4-24(5-2)13-15-11-16(9-10-19(15)25)22-12-17-20-14(3)7-6-8-18(20)23-21(17)26/h6-12,23,25-26H,4-5,13H2,1-3H3. The van der Waals surface area contributed by atoms with E-state index in [1.807, 2.05) is 31.2 Å². The van der Waals surface area contributed by atoms with Gasteiger partial charge in [0, 0.05) is 29.2 Å². The predicted molar refractivity (Wildman–Crippen MR) is 107 cm³/mol. The molecule has 0 saturated heterocycles. The summed E-state index contributed by atoms with van der Waals surface area (Å²) >= 11 is 0. The lowest BCUT2D eigenvalue weighted by atomic mass is 10.1. The molecule has 0 aliphatic carbocycles. The van der Waals surface area contributed by atoms with Crippen LogP contribution in [-0.4, -0.2) is 39.4 Å². The summed E-state index contributed by atoms with van der Waals surface area (Å²) in [6.07, 6.45) is 1.68. The van der Waals surface area contributed by atoms with Gasteiger partial charge in [-0.3, -0.25) is 9.89 Å². The van der Waals surface area contributed by atoms with E-state index in [4.69, 9.17) is 0 Å². The Hall–Kier alpha value is -2.79. The van der Waals surface area contributed by atoms with Gasteiger partial charge in [0.25, 0.3) is 0 Å². The number of aliphatic imine (C=N–C) groups is 1. The number of aromatic nitrogens is 1. The van der Waals surface area contributed by atoms with Crippen LogP contribution in [-0.2, 0) is 6.54 Å². The van der Waals surface area contributed by atoms with Crippen molar-refractivity contribution < 1.29 is 10.2 Å². The van der Waals surface area contributed by atoms with Gasteiger partial charge in [0.2, 0.25) is 0 Å². The third kappa shape index (κ3) is 3.58. The van der Waals surface area contributed by atoms with Gasteiger partial charge in [0.1, 0.15) is 5.75 Å². The van der Waals surface area contributed by atoms with Crippen molar-refractivity contribution in [2.24, 2.45) is 4.99 Å². The maximum Gasteiger partial charge on any atom is 0.198 e. The number of hydrogen-bond donors (Lipinski definition) is 3. The number of hydrogen-bond acceptors (Lipinski definition) is 4. The Kier molecular flexibility index (Phi) is 5.28. The highest BCUT2D eigenvalue weighted by Gasteiger charge is 2.11. The first kappa shape index (κ1) is 18.0. The van der Waals surface area contributed by atoms with Crippen LogP contribution < -0.4 is 0 Å². The maximum atomic E-state index is 10.2. The Morgan fingerprint density at radius 2 is 1.88 bits per heavy atom. The fourth-order valence-electron chi connectivity index (χ4n) is 3.17. The van der Waals surface area contributed by atoms with Crippen LogP contribution in [0.4, 0.5) is 5.69 Å². The Morgan fingerprint density at radius 1 is 1.12 bits per heavy atom. The van der Waals surface area contributed by atoms with Crippen LogP contribution in [0, 0.1) is 6.92 Å². The fraction of sp³-hybridized carbons (Fsp3) is 0.286. The molecule has 3 aromatic rings. The maximum absolute atomic E-state index is 10.2. The molecule has 0 saturated carbocycles. The summed E-state index contributed by atoms with van der Waals surface area (Å²) < 4.78 is 0. The van der Waals surface area contributed by atoms with Crippen LogP contribution in [0.5, 0.6) is 11.6 Å². The van der Waals surface area contributed by atoms with Crippen molar-refractivity contribution in [3.05, 3.63) is 53.1 Å². The number of aromatic hydroxyl groups is 2. The van der Waals surface area contributed by atoms with Crippen molar-refractivity contribution in [2.45, 2.75) is 27.3 Å². The lowest BCUT2D eigenvalue weighted by molar-refractivity contribution is 0.291. The number of H-pyrrole nitrogens is 1. The summed E-state index contributed by atoms with van der Waals surface area (Å²) in [6.45, 7) is 8.74. The molecule has 0 amide bonds. The Morgan fingerprint density at radius 3 is 2.62 bits per heavy atom. The van der Waals surface area contributed by atoms with Crippen molar-refractivity contribution >= 4 is 22.8 Å². The highest BCUT2D eigenvalue weighted by molar-refractivity contribution is 6.04. The van der Waals surface area contributed by atoms with E-state index in [-0.39, 0.29) is 11.6 Å². The minimum atomic E-state index is 0.111. The zero-order valence-electron chi connectivity index (χ0n) is 15.5. The van der Waals surface area contributed by atoms with E-state index >= 15 is 0 Å². The van der Waals surface area contributed by atoms with Crippen LogP contribution in [0.15, 0.2) is 41.4 Å². The number of fused-ring (bicyclic) bond motifs is 1. The molecule has 5 nitrogen and oxygen atoms in total. The average Bonchev–Trinajstić information content (AvgIpc) is 2.96. The third-order valence-corrected chi connectivity index (χ3v) is 4.74. The monoisotopic (exact) mass is 351 g/mol. The molecule has 0 unspecified atom stereocenters. The molecule has 2 aromatic carbocycles. The van der Waals surface area contributed by atoms with Gasteiger partial charge in [-0.15, -0.1) is 0 Å². The van der Waals surface area contributed by atoms with E-state index in [1.54, 1.807) is 18.3 Å². The smallest absolute Gasteiger partial charge is 0.198 e. The molecule has 136 valence electrons. The molecule has 0 atom stereocenters. The highest BCUT2D eigenvalue weighted by Crippen LogP contribution is 2.30. The van der Waals surface area contributed by atoms with Crippen molar-refractivity contribution in [1.29, 1.82) is 0 Å². The van der Waals surface area contributed by atoms with Gasteiger partial charge in [-0.2, -0.15) is 0 Å². The number of rotatable bonds is 6. The van der Waals surface area contributed by atoms with Crippen molar-refractivity contribution in [3.8, 4) is 11.6 Å². The average molecular weight is 351 g/mol. The van der Waals surface area contributed by atoms with E-state index in [1.165, 1.54) is 0 Å². The fourth-order valence-corrected chi connectivity index (χ4v) is 3.17. The Balaban J connectivity index is 1.93. The largest absolute Gasteiger partial charge is 0.508 e. The third-order valence-electron chi connectivity index (χ3n) is 4.74. The highest BCUT2D eigenvalue weighted by atomic mass is 16.3. The predicted octanol–water partition coefficient (Wildman–Crippen LogP) is 4.48. The number of nitrogens with one attached hydrogen (secondary N) is 1. The molecule has 0 bridgehead atoms. The van der Waals surface area contributed by atoms with Crippen LogP contribution in [0.2, 0.25) is 0 Å². The Bertz CT molecular complexity index is 940. The van der Waals surface area contributed by atoms with Crippen molar-refractivity contribution in [3.63, 3.8) is 0 Å². The summed E-state index contributed by atoms with van der Waals surface area (Å²) in [4.78, 5) is 9.74. The van der Waals surface area contributed by atoms with E-state index in [0.29, 0.717) is 12.1 Å². The molecule has 0 spiro atoms. The van der Waals surface area contributed by atoms with Gasteiger partial charge in [0.05, 0.1) is 11.3 Å². The number of phenols is 1. The minimum Gasteiger partial charge on any atom is -0.508 e. The molecule has 5 heteroatoms. The summed E-state index contributed by atoms with van der Waals surface area (Å²) in [5, 5.41) is 21.3. The van der Waals surface area contributed by atoms with Crippen molar-refractivity contribution in [2.75, 3.05) is 13.1 Å². The van der Waals surface area contributed by atoms with Gasteiger partial charge in [0.15, 0.2) is 5.88 Å². The summed E-state index contributed by atoms with van der Waals surface area (Å²) in [5.41, 5.74) is 4.23. The zero-order valence-corrected chi connectivity index (χ0v) is 15.5. The second kappa shape index (κ2) is 7.62. The molecule has 1 aromatic heterocycles. The van der Waals surface area contributed by atoms with Gasteiger partial charge < -0.3 is 15.2 Å². The topological polar surface area (TPSA) is 71.8 Å². The number of aryl methyl sites for hydroxylation is 1. The molecule has 0 aliphatic heterocycles. The second-order valence-electron chi connectivity index (χ2n) is 6.42. The number of phenolic OH excluding ortho intramolecular Hbond substituents is 1. The van der Waals surface area contributed by atoms with Crippen LogP contribution in [0.3, 0.4) is 0 Å². The van der Waals surface area contributed by atoms with Gasteiger partial charge in [-0.05, 0) is 49.8 Å². The summed E-state index contributed by atoms with van der Waals surface area (Å²) in [7, 11) is 0. The van der Waals surface area contributed by atoms with Crippen molar-refractivity contribution in [1.82, 2.24) is 9.88 Å². The van der Waals surface area contributed by atoms with Crippen LogP contribution >= 0.6 is 0 Å². The van der Waals surface area contributed by atoms with E-state index in [2.05, 4.69) is 28.7 Å². The molecular formula is C21H25N3O2.